The van der Waals surface area contributed by atoms with Crippen LogP contribution >= 0.6 is 0 Å². The Hall–Kier alpha value is -1.95. The van der Waals surface area contributed by atoms with Crippen molar-refractivity contribution in [2.24, 2.45) is 5.92 Å². The van der Waals surface area contributed by atoms with E-state index in [1.165, 1.54) is 24.1 Å². The molecule has 23 heavy (non-hydrogen) atoms. The van der Waals surface area contributed by atoms with Crippen molar-refractivity contribution in [3.8, 4) is 0 Å². The van der Waals surface area contributed by atoms with Crippen molar-refractivity contribution < 1.29 is 18.7 Å². The average Bonchev–Trinajstić information content (AvgIpc) is 2.52. The Balaban J connectivity index is 2.87. The topological polar surface area (TPSA) is 49.9 Å². The third kappa shape index (κ3) is 5.98. The fraction of sp³-hybridized carbons (Fsp3) is 0.529. The zero-order valence-corrected chi connectivity index (χ0v) is 14.2. The Morgan fingerprint density at radius 3 is 2.43 bits per heavy atom. The molecular formula is C17H25FN2O3. The minimum absolute atomic E-state index is 0.0226. The van der Waals surface area contributed by atoms with Gasteiger partial charge in [-0.1, -0.05) is 19.1 Å². The van der Waals surface area contributed by atoms with Crippen LogP contribution in [0.5, 0.6) is 0 Å². The number of carbonyl (C=O) groups excluding carboxylic acids is 2. The molecule has 128 valence electrons. The zero-order chi connectivity index (χ0) is 17.4. The van der Waals surface area contributed by atoms with Crippen molar-refractivity contribution >= 4 is 11.9 Å². The molecule has 0 spiro atoms. The molecule has 0 radical (unpaired) electrons. The van der Waals surface area contributed by atoms with Gasteiger partial charge in [-0.05, 0) is 39.2 Å². The van der Waals surface area contributed by atoms with Gasteiger partial charge in [0, 0.05) is 13.1 Å². The van der Waals surface area contributed by atoms with E-state index in [1.807, 2.05) is 19.0 Å². The minimum atomic E-state index is -0.555. The van der Waals surface area contributed by atoms with Crippen LogP contribution in [0.2, 0.25) is 0 Å². The number of hydrogen-bond donors (Lipinski definition) is 0. The predicted molar refractivity (Wildman–Crippen MR) is 86.7 cm³/mol. The van der Waals surface area contributed by atoms with Gasteiger partial charge in [0.15, 0.2) is 0 Å². The summed E-state index contributed by atoms with van der Waals surface area (Å²) in [7, 11) is 5.20. The van der Waals surface area contributed by atoms with Gasteiger partial charge in [0.05, 0.1) is 18.6 Å². The lowest BCUT2D eigenvalue weighted by atomic mass is 10.1. The van der Waals surface area contributed by atoms with Gasteiger partial charge in [-0.25, -0.2) is 4.39 Å². The first-order chi connectivity index (χ1) is 10.9. The van der Waals surface area contributed by atoms with E-state index in [2.05, 4.69) is 0 Å². The van der Waals surface area contributed by atoms with E-state index < -0.39 is 17.6 Å². The van der Waals surface area contributed by atoms with Crippen LogP contribution in [0.1, 0.15) is 23.7 Å². The molecule has 0 heterocycles. The van der Waals surface area contributed by atoms with E-state index in [0.717, 1.165) is 13.0 Å². The number of methoxy groups -OCH3 is 1. The van der Waals surface area contributed by atoms with Crippen molar-refractivity contribution in [2.45, 2.75) is 13.3 Å². The largest absolute Gasteiger partial charge is 0.469 e. The van der Waals surface area contributed by atoms with Crippen LogP contribution in [-0.2, 0) is 9.53 Å². The maximum absolute atomic E-state index is 13.9. The first-order valence-electron chi connectivity index (χ1n) is 7.63. The molecule has 0 aromatic heterocycles. The van der Waals surface area contributed by atoms with Crippen LogP contribution in [0.4, 0.5) is 4.39 Å². The Morgan fingerprint density at radius 1 is 1.22 bits per heavy atom. The van der Waals surface area contributed by atoms with Gasteiger partial charge < -0.3 is 14.5 Å². The summed E-state index contributed by atoms with van der Waals surface area (Å²) in [6, 6.07) is 5.88. The smallest absolute Gasteiger partial charge is 0.310 e. The number of hydrogen-bond acceptors (Lipinski definition) is 4. The van der Waals surface area contributed by atoms with Crippen LogP contribution < -0.4 is 0 Å². The molecule has 1 aromatic carbocycles. The molecule has 1 atom stereocenters. The van der Waals surface area contributed by atoms with Crippen LogP contribution in [0.25, 0.3) is 0 Å². The highest BCUT2D eigenvalue weighted by molar-refractivity contribution is 5.94. The summed E-state index contributed by atoms with van der Waals surface area (Å²) >= 11 is 0. The SMILES string of the molecule is COC(=O)C(C)CN(CCCN(C)C)C(=O)c1ccccc1F. The Kier molecular flexibility index (Phi) is 7.68. The van der Waals surface area contributed by atoms with Gasteiger partial charge in [0.25, 0.3) is 5.91 Å². The normalized spacial score (nSPS) is 12.1. The summed E-state index contributed by atoms with van der Waals surface area (Å²) in [6.07, 6.45) is 0.737. The number of amides is 1. The molecule has 1 unspecified atom stereocenters. The van der Waals surface area contributed by atoms with Crippen molar-refractivity contribution in [1.29, 1.82) is 0 Å². The maximum Gasteiger partial charge on any atom is 0.310 e. The van der Waals surface area contributed by atoms with Crippen LogP contribution in [0.15, 0.2) is 24.3 Å². The number of carbonyl (C=O) groups is 2. The third-order valence-electron chi connectivity index (χ3n) is 3.52. The van der Waals surface area contributed by atoms with E-state index in [-0.39, 0.29) is 18.1 Å². The number of ether oxygens (including phenoxy) is 1. The Labute approximate surface area is 137 Å². The van der Waals surface area contributed by atoms with Gasteiger partial charge in [-0.2, -0.15) is 0 Å². The molecule has 0 bridgehead atoms. The number of halogens is 1. The quantitative estimate of drug-likeness (QED) is 0.687. The summed E-state index contributed by atoms with van der Waals surface area (Å²) in [5.41, 5.74) is 0.0226. The lowest BCUT2D eigenvalue weighted by molar-refractivity contribution is -0.145. The van der Waals surface area contributed by atoms with E-state index >= 15 is 0 Å². The zero-order valence-electron chi connectivity index (χ0n) is 14.2. The molecule has 1 amide bonds. The third-order valence-corrected chi connectivity index (χ3v) is 3.52. The van der Waals surface area contributed by atoms with Crippen LogP contribution in [-0.4, -0.2) is 62.5 Å². The molecule has 0 saturated heterocycles. The van der Waals surface area contributed by atoms with Gasteiger partial charge in [-0.15, -0.1) is 0 Å². The van der Waals surface area contributed by atoms with Gasteiger partial charge in [0.1, 0.15) is 5.82 Å². The predicted octanol–water partition coefficient (Wildman–Crippen LogP) is 2.03. The molecule has 5 nitrogen and oxygen atoms in total. The highest BCUT2D eigenvalue weighted by Crippen LogP contribution is 2.13. The highest BCUT2D eigenvalue weighted by atomic mass is 19.1. The Morgan fingerprint density at radius 2 is 1.87 bits per heavy atom. The van der Waals surface area contributed by atoms with Gasteiger partial charge in [0.2, 0.25) is 0 Å². The number of esters is 1. The molecule has 0 saturated carbocycles. The fourth-order valence-corrected chi connectivity index (χ4v) is 2.26. The molecule has 1 rings (SSSR count). The molecule has 1 aromatic rings. The van der Waals surface area contributed by atoms with E-state index in [4.69, 9.17) is 4.74 Å². The summed E-state index contributed by atoms with van der Waals surface area (Å²) in [4.78, 5) is 27.7. The summed E-state index contributed by atoms with van der Waals surface area (Å²) in [5.74, 6) is -1.81. The molecule has 0 aliphatic heterocycles. The minimum Gasteiger partial charge on any atom is -0.469 e. The lowest BCUT2D eigenvalue weighted by Gasteiger charge is -2.26. The van der Waals surface area contributed by atoms with Crippen molar-refractivity contribution in [1.82, 2.24) is 9.80 Å². The molecular weight excluding hydrogens is 299 g/mol. The summed E-state index contributed by atoms with van der Waals surface area (Å²) in [5, 5.41) is 0. The molecule has 0 fully saturated rings. The first-order valence-corrected chi connectivity index (χ1v) is 7.63. The van der Waals surface area contributed by atoms with Gasteiger partial charge >= 0.3 is 5.97 Å². The second-order valence-corrected chi connectivity index (χ2v) is 5.81. The van der Waals surface area contributed by atoms with E-state index in [1.54, 1.807) is 19.1 Å². The van der Waals surface area contributed by atoms with Crippen molar-refractivity contribution in [3.63, 3.8) is 0 Å². The van der Waals surface area contributed by atoms with E-state index in [0.29, 0.717) is 6.54 Å². The number of rotatable bonds is 8. The highest BCUT2D eigenvalue weighted by Gasteiger charge is 2.23. The molecule has 0 N–H and O–H groups in total. The first kappa shape index (κ1) is 19.1. The number of nitrogens with zero attached hydrogens (tertiary/aromatic N) is 2. The average molecular weight is 324 g/mol. The van der Waals surface area contributed by atoms with Crippen molar-refractivity contribution in [3.05, 3.63) is 35.6 Å². The summed E-state index contributed by atoms with van der Waals surface area (Å²) < 4.78 is 18.6. The maximum atomic E-state index is 13.9. The van der Waals surface area contributed by atoms with E-state index in [9.17, 15) is 14.0 Å². The monoisotopic (exact) mass is 324 g/mol. The molecule has 0 aliphatic carbocycles. The summed E-state index contributed by atoms with van der Waals surface area (Å²) in [6.45, 7) is 3.15. The molecule has 6 heteroatoms. The lowest BCUT2D eigenvalue weighted by Crippen LogP contribution is -2.39. The molecule has 0 aliphatic rings. The second-order valence-electron chi connectivity index (χ2n) is 5.81. The second kappa shape index (κ2) is 9.25. The number of benzene rings is 1. The standard InChI is InChI=1S/C17H25FN2O3/c1-13(17(22)23-4)12-20(11-7-10-19(2)3)16(21)14-8-5-6-9-15(14)18/h5-6,8-9,13H,7,10-12H2,1-4H3. The Bertz CT molecular complexity index is 534. The van der Waals surface area contributed by atoms with Crippen molar-refractivity contribution in [2.75, 3.05) is 40.8 Å². The van der Waals surface area contributed by atoms with Gasteiger partial charge in [-0.3, -0.25) is 9.59 Å². The fourth-order valence-electron chi connectivity index (χ4n) is 2.26. The van der Waals surface area contributed by atoms with Crippen LogP contribution in [0, 0.1) is 11.7 Å². The van der Waals surface area contributed by atoms with Crippen LogP contribution in [0.3, 0.4) is 0 Å².